The van der Waals surface area contributed by atoms with E-state index in [1.807, 2.05) is 18.2 Å². The number of hydrogen-bond acceptors (Lipinski definition) is 6. The van der Waals surface area contributed by atoms with E-state index in [0.29, 0.717) is 28.1 Å². The molecule has 162 valence electrons. The van der Waals surface area contributed by atoms with Crippen LogP contribution < -0.4 is 19.5 Å². The Balaban J connectivity index is 0.000000469. The van der Waals surface area contributed by atoms with Gasteiger partial charge in [0.05, 0.1) is 24.3 Å². The van der Waals surface area contributed by atoms with Crippen LogP contribution in [-0.4, -0.2) is 49.5 Å². The Labute approximate surface area is 183 Å². The molecule has 0 amide bonds. The summed E-state index contributed by atoms with van der Waals surface area (Å²) < 4.78 is 17.0. The van der Waals surface area contributed by atoms with Gasteiger partial charge in [0.1, 0.15) is 11.9 Å². The minimum absolute atomic E-state index is 0.153. The number of aliphatic carboxylic acids is 2. The zero-order valence-electron chi connectivity index (χ0n) is 16.3. The molecule has 3 rings (SSSR count). The zero-order valence-corrected chi connectivity index (χ0v) is 17.8. The Bertz CT molecular complexity index is 908. The monoisotopic (exact) mass is 457 g/mol. The molecule has 0 spiro atoms. The maximum absolute atomic E-state index is 9.10. The minimum Gasteiger partial charge on any atom is -0.493 e. The SMILES string of the molecule is COc1cc2c(cc1OC)C(Oc1ccc(Cl)c(Cl)c1)CNCC2.O=C(O)C(=O)O. The molecule has 1 unspecified atom stereocenters. The Hall–Kier alpha value is -2.68. The van der Waals surface area contributed by atoms with Gasteiger partial charge in [-0.3, -0.25) is 0 Å². The van der Waals surface area contributed by atoms with Gasteiger partial charge < -0.3 is 29.7 Å². The summed E-state index contributed by atoms with van der Waals surface area (Å²) in [6, 6.07) is 9.29. The summed E-state index contributed by atoms with van der Waals surface area (Å²) in [7, 11) is 3.27. The summed E-state index contributed by atoms with van der Waals surface area (Å²) in [6.07, 6.45) is 0.747. The smallest absolute Gasteiger partial charge is 0.414 e. The summed E-state index contributed by atoms with van der Waals surface area (Å²) in [6.45, 7) is 1.58. The molecule has 2 aromatic carbocycles. The number of fused-ring (bicyclic) bond motifs is 1. The lowest BCUT2D eigenvalue weighted by Crippen LogP contribution is -2.23. The number of methoxy groups -OCH3 is 2. The van der Waals surface area contributed by atoms with Crippen LogP contribution in [0.2, 0.25) is 10.0 Å². The largest absolute Gasteiger partial charge is 0.493 e. The fourth-order valence-corrected chi connectivity index (χ4v) is 3.13. The van der Waals surface area contributed by atoms with Gasteiger partial charge in [-0.2, -0.15) is 0 Å². The van der Waals surface area contributed by atoms with E-state index in [9.17, 15) is 0 Å². The van der Waals surface area contributed by atoms with Gasteiger partial charge in [0, 0.05) is 18.2 Å². The maximum atomic E-state index is 9.10. The zero-order chi connectivity index (χ0) is 22.3. The quantitative estimate of drug-likeness (QED) is 0.598. The van der Waals surface area contributed by atoms with Gasteiger partial charge in [0.25, 0.3) is 0 Å². The molecule has 0 saturated carbocycles. The molecule has 0 saturated heterocycles. The number of ether oxygens (including phenoxy) is 3. The summed E-state index contributed by atoms with van der Waals surface area (Å²) in [5.41, 5.74) is 2.27. The van der Waals surface area contributed by atoms with E-state index in [2.05, 4.69) is 5.32 Å². The van der Waals surface area contributed by atoms with E-state index >= 15 is 0 Å². The lowest BCUT2D eigenvalue weighted by molar-refractivity contribution is -0.159. The van der Waals surface area contributed by atoms with E-state index in [1.54, 1.807) is 26.4 Å². The first-order valence-corrected chi connectivity index (χ1v) is 9.55. The number of benzene rings is 2. The topological polar surface area (TPSA) is 114 Å². The summed E-state index contributed by atoms with van der Waals surface area (Å²) in [5.74, 6) is -1.55. The second-order valence-electron chi connectivity index (χ2n) is 6.15. The highest BCUT2D eigenvalue weighted by Crippen LogP contribution is 2.36. The molecule has 1 aliphatic heterocycles. The third-order valence-electron chi connectivity index (χ3n) is 4.25. The standard InChI is InChI=1S/C18H19Cl2NO3.C2H2O4/c1-22-16-7-11-5-6-21-10-18(13(11)9-17(16)23-2)24-12-3-4-14(19)15(20)8-12;3-1(4)2(5)6/h3-4,7-9,18,21H,5-6,10H2,1-2H3;(H,3,4)(H,5,6). The van der Waals surface area contributed by atoms with Gasteiger partial charge in [-0.15, -0.1) is 0 Å². The molecular formula is C20H21Cl2NO7. The second kappa shape index (κ2) is 10.9. The average molecular weight is 458 g/mol. The van der Waals surface area contributed by atoms with Crippen molar-refractivity contribution in [3.63, 3.8) is 0 Å². The molecule has 0 radical (unpaired) electrons. The van der Waals surface area contributed by atoms with Gasteiger partial charge in [-0.25, -0.2) is 9.59 Å². The Morgan fingerprint density at radius 1 is 1.00 bits per heavy atom. The van der Waals surface area contributed by atoms with Crippen LogP contribution in [0.15, 0.2) is 30.3 Å². The first-order chi connectivity index (χ1) is 14.3. The highest BCUT2D eigenvalue weighted by molar-refractivity contribution is 6.42. The highest BCUT2D eigenvalue weighted by Gasteiger charge is 2.23. The molecule has 0 aliphatic carbocycles. The summed E-state index contributed by atoms with van der Waals surface area (Å²) >= 11 is 12.1. The van der Waals surface area contributed by atoms with Crippen molar-refractivity contribution in [3.05, 3.63) is 51.5 Å². The van der Waals surface area contributed by atoms with Crippen molar-refractivity contribution in [3.8, 4) is 17.2 Å². The van der Waals surface area contributed by atoms with E-state index in [1.165, 1.54) is 5.56 Å². The van der Waals surface area contributed by atoms with Gasteiger partial charge >= 0.3 is 11.9 Å². The van der Waals surface area contributed by atoms with Crippen LogP contribution >= 0.6 is 23.2 Å². The van der Waals surface area contributed by atoms with Gasteiger partial charge in [-0.05, 0) is 42.8 Å². The lowest BCUT2D eigenvalue weighted by atomic mass is 10.00. The number of rotatable bonds is 4. The van der Waals surface area contributed by atoms with Crippen LogP contribution in [0.3, 0.4) is 0 Å². The lowest BCUT2D eigenvalue weighted by Gasteiger charge is -2.21. The van der Waals surface area contributed by atoms with Crippen molar-refractivity contribution in [2.45, 2.75) is 12.5 Å². The third kappa shape index (κ3) is 6.16. The molecule has 2 aromatic rings. The van der Waals surface area contributed by atoms with Crippen molar-refractivity contribution in [2.75, 3.05) is 27.3 Å². The van der Waals surface area contributed by atoms with Crippen LogP contribution in [0, 0.1) is 0 Å². The first-order valence-electron chi connectivity index (χ1n) is 8.80. The van der Waals surface area contributed by atoms with E-state index in [0.717, 1.165) is 24.3 Å². The number of carbonyl (C=O) groups is 2. The predicted octanol–water partition coefficient (Wildman–Crippen LogP) is 3.43. The summed E-state index contributed by atoms with van der Waals surface area (Å²) in [4.78, 5) is 18.2. The number of halogens is 2. The van der Waals surface area contributed by atoms with Crippen LogP contribution in [-0.2, 0) is 16.0 Å². The van der Waals surface area contributed by atoms with Crippen molar-refractivity contribution in [2.24, 2.45) is 0 Å². The summed E-state index contributed by atoms with van der Waals surface area (Å²) in [5, 5.41) is 19.2. The maximum Gasteiger partial charge on any atom is 0.414 e. The Kier molecular flexibility index (Phi) is 8.58. The van der Waals surface area contributed by atoms with Crippen LogP contribution in [0.25, 0.3) is 0 Å². The molecule has 3 N–H and O–H groups in total. The Morgan fingerprint density at radius 3 is 2.20 bits per heavy atom. The molecule has 0 bridgehead atoms. The van der Waals surface area contributed by atoms with E-state index in [4.69, 9.17) is 57.2 Å². The predicted molar refractivity (Wildman–Crippen MR) is 111 cm³/mol. The van der Waals surface area contributed by atoms with Gasteiger partial charge in [-0.1, -0.05) is 23.2 Å². The fourth-order valence-electron chi connectivity index (χ4n) is 2.84. The van der Waals surface area contributed by atoms with Crippen LogP contribution in [0.5, 0.6) is 17.2 Å². The second-order valence-corrected chi connectivity index (χ2v) is 6.97. The molecule has 0 aromatic heterocycles. The average Bonchev–Trinajstić information content (AvgIpc) is 2.91. The first kappa shape index (κ1) is 23.6. The minimum atomic E-state index is -1.82. The molecule has 1 aliphatic rings. The van der Waals surface area contributed by atoms with Crippen molar-refractivity contribution in [1.82, 2.24) is 5.32 Å². The Morgan fingerprint density at radius 2 is 1.63 bits per heavy atom. The van der Waals surface area contributed by atoms with E-state index in [-0.39, 0.29) is 6.10 Å². The van der Waals surface area contributed by atoms with Gasteiger partial charge in [0.2, 0.25) is 0 Å². The molecule has 30 heavy (non-hydrogen) atoms. The fraction of sp³-hybridized carbons (Fsp3) is 0.300. The number of carboxylic acids is 2. The molecule has 8 nitrogen and oxygen atoms in total. The van der Waals surface area contributed by atoms with Crippen molar-refractivity contribution < 1.29 is 34.0 Å². The molecule has 0 fully saturated rings. The number of hydrogen-bond donors (Lipinski definition) is 3. The third-order valence-corrected chi connectivity index (χ3v) is 4.98. The van der Waals surface area contributed by atoms with Gasteiger partial charge in [0.15, 0.2) is 11.5 Å². The highest BCUT2D eigenvalue weighted by atomic mass is 35.5. The molecule has 10 heteroatoms. The van der Waals surface area contributed by atoms with E-state index < -0.39 is 11.9 Å². The number of nitrogens with one attached hydrogen (secondary N) is 1. The van der Waals surface area contributed by atoms with Crippen molar-refractivity contribution >= 4 is 35.1 Å². The normalized spacial score (nSPS) is 15.0. The van der Waals surface area contributed by atoms with Crippen molar-refractivity contribution in [1.29, 1.82) is 0 Å². The molecule has 1 heterocycles. The van der Waals surface area contributed by atoms with Crippen LogP contribution in [0.1, 0.15) is 17.2 Å². The molecule has 1 atom stereocenters. The molecular weight excluding hydrogens is 437 g/mol. The number of carboxylic acid groups (broad SMARTS) is 2. The van der Waals surface area contributed by atoms with Crippen LogP contribution in [0.4, 0.5) is 0 Å².